The quantitative estimate of drug-likeness (QED) is 0.391. The average Bonchev–Trinajstić information content (AvgIpc) is 2.93. The van der Waals surface area contributed by atoms with Crippen molar-refractivity contribution in [3.05, 3.63) is 11.8 Å². The van der Waals surface area contributed by atoms with Crippen molar-refractivity contribution in [2.75, 3.05) is 13.1 Å². The van der Waals surface area contributed by atoms with E-state index in [1.807, 2.05) is 6.07 Å². The number of hydrogen-bond donors (Lipinski definition) is 3. The zero-order valence-corrected chi connectivity index (χ0v) is 14.1. The molecule has 0 aliphatic heterocycles. The number of alkyl carbamates (subject to hydrolysis) is 1. The minimum Gasteiger partial charge on any atom is -0.444 e. The van der Waals surface area contributed by atoms with Gasteiger partial charge in [0.2, 0.25) is 0 Å². The van der Waals surface area contributed by atoms with Crippen LogP contribution in [0.3, 0.4) is 0 Å². The van der Waals surface area contributed by atoms with E-state index < -0.39 is 11.7 Å². The third-order valence-electron chi connectivity index (χ3n) is 3.24. The average molecular weight is 322 g/mol. The van der Waals surface area contributed by atoms with E-state index >= 15 is 0 Å². The number of nitriles is 1. The minimum absolute atomic E-state index is 0.0363. The van der Waals surface area contributed by atoms with Crippen LogP contribution >= 0.6 is 0 Å². The maximum atomic E-state index is 11.9. The highest BCUT2D eigenvalue weighted by Gasteiger charge is 2.19. The summed E-state index contributed by atoms with van der Waals surface area (Å²) < 4.78 is 5.09. The summed E-state index contributed by atoms with van der Waals surface area (Å²) in [4.78, 5) is 23.3. The molecular formula is C16H26N4O3. The Morgan fingerprint density at radius 1 is 1.26 bits per heavy atom. The van der Waals surface area contributed by atoms with Crippen LogP contribution < -0.4 is 16.0 Å². The van der Waals surface area contributed by atoms with Crippen LogP contribution in [0, 0.1) is 11.3 Å². The molecule has 0 saturated heterocycles. The fourth-order valence-electron chi connectivity index (χ4n) is 2.21. The van der Waals surface area contributed by atoms with Gasteiger partial charge in [0.15, 0.2) is 0 Å². The maximum Gasteiger partial charge on any atom is 0.407 e. The van der Waals surface area contributed by atoms with Crippen molar-refractivity contribution < 1.29 is 14.3 Å². The van der Waals surface area contributed by atoms with Crippen molar-refractivity contribution in [1.29, 1.82) is 5.26 Å². The molecule has 128 valence electrons. The Labute approximate surface area is 137 Å². The summed E-state index contributed by atoms with van der Waals surface area (Å²) in [5.41, 5.74) is -0.502. The molecule has 1 saturated carbocycles. The van der Waals surface area contributed by atoms with E-state index in [4.69, 9.17) is 10.00 Å². The topological polar surface area (TPSA) is 103 Å². The highest BCUT2D eigenvalue weighted by atomic mass is 16.6. The number of carbonyl (C=O) groups excluding carboxylic acids is 2. The van der Waals surface area contributed by atoms with Crippen LogP contribution in [0.4, 0.5) is 4.79 Å². The number of amides is 2. The predicted octanol–water partition coefficient (Wildman–Crippen LogP) is 1.57. The molecule has 2 amide bonds. The Bertz CT molecular complexity index is 483. The SMILES string of the molecule is CC(C)(C)OC(=O)NCCN/C=C(/C#N)C(=O)NC1CCCC1. The normalized spacial score (nSPS) is 15.7. The van der Waals surface area contributed by atoms with Gasteiger partial charge in [-0.2, -0.15) is 5.26 Å². The van der Waals surface area contributed by atoms with E-state index in [1.54, 1.807) is 20.8 Å². The van der Waals surface area contributed by atoms with Crippen molar-refractivity contribution in [2.24, 2.45) is 0 Å². The molecule has 7 heteroatoms. The van der Waals surface area contributed by atoms with Crippen molar-refractivity contribution in [1.82, 2.24) is 16.0 Å². The molecule has 7 nitrogen and oxygen atoms in total. The summed E-state index contributed by atoms with van der Waals surface area (Å²) in [6.45, 7) is 6.08. The second-order valence-corrected chi connectivity index (χ2v) is 6.51. The first-order valence-electron chi connectivity index (χ1n) is 7.93. The van der Waals surface area contributed by atoms with Gasteiger partial charge in [-0.1, -0.05) is 12.8 Å². The Kier molecular flexibility index (Phi) is 7.39. The molecule has 0 unspecified atom stereocenters. The number of nitrogens with one attached hydrogen (secondary N) is 3. The Morgan fingerprint density at radius 2 is 1.91 bits per heavy atom. The Hall–Kier alpha value is -2.23. The van der Waals surface area contributed by atoms with Crippen LogP contribution in [0.15, 0.2) is 11.8 Å². The van der Waals surface area contributed by atoms with Crippen molar-refractivity contribution in [2.45, 2.75) is 58.1 Å². The molecule has 23 heavy (non-hydrogen) atoms. The van der Waals surface area contributed by atoms with E-state index in [1.165, 1.54) is 6.20 Å². The summed E-state index contributed by atoms with van der Waals surface area (Å²) in [6, 6.07) is 2.06. The molecule has 1 aliphatic carbocycles. The summed E-state index contributed by atoms with van der Waals surface area (Å²) >= 11 is 0. The monoisotopic (exact) mass is 322 g/mol. The van der Waals surface area contributed by atoms with Gasteiger partial charge in [-0.05, 0) is 33.6 Å². The Morgan fingerprint density at radius 3 is 2.48 bits per heavy atom. The van der Waals surface area contributed by atoms with Crippen molar-refractivity contribution in [3.8, 4) is 6.07 Å². The predicted molar refractivity (Wildman–Crippen MR) is 86.3 cm³/mol. The molecule has 1 rings (SSSR count). The van der Waals surface area contributed by atoms with Crippen LogP contribution in [0.2, 0.25) is 0 Å². The van der Waals surface area contributed by atoms with E-state index in [9.17, 15) is 9.59 Å². The molecular weight excluding hydrogens is 296 g/mol. The summed E-state index contributed by atoms with van der Waals surface area (Å²) in [5, 5.41) is 17.3. The third-order valence-corrected chi connectivity index (χ3v) is 3.24. The van der Waals surface area contributed by atoms with E-state index in [0.29, 0.717) is 13.1 Å². The van der Waals surface area contributed by atoms with Gasteiger partial charge < -0.3 is 20.7 Å². The summed E-state index contributed by atoms with van der Waals surface area (Å²) in [5.74, 6) is -0.355. The van der Waals surface area contributed by atoms with Crippen LogP contribution in [0.1, 0.15) is 46.5 Å². The molecule has 0 bridgehead atoms. The number of ether oxygens (including phenoxy) is 1. The molecule has 0 spiro atoms. The Balaban J connectivity index is 2.27. The van der Waals surface area contributed by atoms with Crippen LogP contribution in [0.5, 0.6) is 0 Å². The molecule has 1 aliphatic rings. The largest absolute Gasteiger partial charge is 0.444 e. The first-order chi connectivity index (χ1) is 10.8. The van der Waals surface area contributed by atoms with E-state index in [2.05, 4.69) is 16.0 Å². The van der Waals surface area contributed by atoms with Gasteiger partial charge in [0.05, 0.1) is 0 Å². The maximum absolute atomic E-state index is 11.9. The molecule has 1 fully saturated rings. The standard InChI is InChI=1S/C16H26N4O3/c1-16(2,3)23-15(22)19-9-8-18-11-12(10-17)14(21)20-13-6-4-5-7-13/h11,13,18H,4-9H2,1-3H3,(H,19,22)(H,20,21)/b12-11-. The van der Waals surface area contributed by atoms with E-state index in [0.717, 1.165) is 25.7 Å². The van der Waals surface area contributed by atoms with Gasteiger partial charge in [-0.15, -0.1) is 0 Å². The summed E-state index contributed by atoms with van der Waals surface area (Å²) in [7, 11) is 0. The van der Waals surface area contributed by atoms with Gasteiger partial charge in [0.25, 0.3) is 5.91 Å². The smallest absolute Gasteiger partial charge is 0.407 e. The van der Waals surface area contributed by atoms with Gasteiger partial charge in [-0.3, -0.25) is 4.79 Å². The zero-order chi connectivity index (χ0) is 17.3. The highest BCUT2D eigenvalue weighted by Crippen LogP contribution is 2.17. The third kappa shape index (κ3) is 8.10. The molecule has 0 aromatic heterocycles. The number of rotatable bonds is 6. The van der Waals surface area contributed by atoms with Gasteiger partial charge in [-0.25, -0.2) is 4.79 Å². The second-order valence-electron chi connectivity index (χ2n) is 6.51. The molecule has 0 heterocycles. The van der Waals surface area contributed by atoms with Gasteiger partial charge in [0.1, 0.15) is 17.2 Å². The lowest BCUT2D eigenvalue weighted by molar-refractivity contribution is -0.117. The summed E-state index contributed by atoms with van der Waals surface area (Å²) in [6.07, 6.45) is 5.05. The van der Waals surface area contributed by atoms with Crippen LogP contribution in [0.25, 0.3) is 0 Å². The number of hydrogen-bond acceptors (Lipinski definition) is 5. The number of carbonyl (C=O) groups is 2. The molecule has 0 radical (unpaired) electrons. The lowest BCUT2D eigenvalue weighted by Gasteiger charge is -2.19. The van der Waals surface area contributed by atoms with Crippen molar-refractivity contribution >= 4 is 12.0 Å². The van der Waals surface area contributed by atoms with Crippen LogP contribution in [-0.2, 0) is 9.53 Å². The fraction of sp³-hybridized carbons (Fsp3) is 0.688. The lowest BCUT2D eigenvalue weighted by Crippen LogP contribution is -2.36. The highest BCUT2D eigenvalue weighted by molar-refractivity contribution is 5.97. The van der Waals surface area contributed by atoms with Gasteiger partial charge in [0, 0.05) is 25.3 Å². The lowest BCUT2D eigenvalue weighted by atomic mass is 10.2. The second kappa shape index (κ2) is 9.03. The molecule has 0 atom stereocenters. The molecule has 3 N–H and O–H groups in total. The van der Waals surface area contributed by atoms with E-state index in [-0.39, 0.29) is 17.5 Å². The van der Waals surface area contributed by atoms with Crippen LogP contribution in [-0.4, -0.2) is 36.7 Å². The fourth-order valence-corrected chi connectivity index (χ4v) is 2.21. The minimum atomic E-state index is -0.538. The molecule has 0 aromatic carbocycles. The molecule has 0 aromatic rings. The van der Waals surface area contributed by atoms with Gasteiger partial charge >= 0.3 is 6.09 Å². The van der Waals surface area contributed by atoms with Crippen molar-refractivity contribution in [3.63, 3.8) is 0 Å². The first kappa shape index (κ1) is 18.8. The number of nitrogens with zero attached hydrogens (tertiary/aromatic N) is 1. The zero-order valence-electron chi connectivity index (χ0n) is 14.1. The first-order valence-corrected chi connectivity index (χ1v) is 7.93.